The summed E-state index contributed by atoms with van der Waals surface area (Å²) in [6.07, 6.45) is 0. The first-order valence-electron chi connectivity index (χ1n) is 4.37. The third-order valence-corrected chi connectivity index (χ3v) is 2.40. The zero-order valence-corrected chi connectivity index (χ0v) is 9.48. The molecule has 0 spiro atoms. The van der Waals surface area contributed by atoms with Crippen molar-refractivity contribution in [3.63, 3.8) is 0 Å². The highest BCUT2D eigenvalue weighted by molar-refractivity contribution is 6.35. The Morgan fingerprint density at radius 1 is 1.36 bits per heavy atom. The van der Waals surface area contributed by atoms with E-state index in [1.54, 1.807) is 18.2 Å². The zero-order valence-electron chi connectivity index (χ0n) is 7.97. The molecule has 0 unspecified atom stereocenters. The SMILES string of the molecule is C[C@H](N)COCc1c(Cl)cccc1Cl. The molecular weight excluding hydrogens is 221 g/mol. The van der Waals surface area contributed by atoms with Gasteiger partial charge < -0.3 is 10.5 Å². The summed E-state index contributed by atoms with van der Waals surface area (Å²) in [4.78, 5) is 0. The molecule has 0 fully saturated rings. The van der Waals surface area contributed by atoms with Gasteiger partial charge in [0, 0.05) is 21.7 Å². The Balaban J connectivity index is 2.58. The molecule has 0 saturated carbocycles. The van der Waals surface area contributed by atoms with E-state index >= 15 is 0 Å². The smallest absolute Gasteiger partial charge is 0.0746 e. The zero-order chi connectivity index (χ0) is 10.6. The Kier molecular flexibility index (Phi) is 4.69. The molecule has 0 aromatic heterocycles. The summed E-state index contributed by atoms with van der Waals surface area (Å²) in [5.41, 5.74) is 6.36. The van der Waals surface area contributed by atoms with E-state index in [4.69, 9.17) is 33.7 Å². The maximum atomic E-state index is 5.95. The highest BCUT2D eigenvalue weighted by Crippen LogP contribution is 2.24. The molecule has 2 N–H and O–H groups in total. The molecule has 14 heavy (non-hydrogen) atoms. The average Bonchev–Trinajstić information content (AvgIpc) is 2.09. The summed E-state index contributed by atoms with van der Waals surface area (Å²) < 4.78 is 5.35. The first kappa shape index (κ1) is 11.8. The Morgan fingerprint density at radius 2 is 1.93 bits per heavy atom. The van der Waals surface area contributed by atoms with E-state index in [2.05, 4.69) is 0 Å². The Bertz CT molecular complexity index is 282. The monoisotopic (exact) mass is 233 g/mol. The molecule has 1 rings (SSSR count). The van der Waals surface area contributed by atoms with Gasteiger partial charge in [0.2, 0.25) is 0 Å². The summed E-state index contributed by atoms with van der Waals surface area (Å²) in [7, 11) is 0. The van der Waals surface area contributed by atoms with E-state index in [0.717, 1.165) is 5.56 Å². The van der Waals surface area contributed by atoms with Crippen LogP contribution in [0.4, 0.5) is 0 Å². The van der Waals surface area contributed by atoms with Gasteiger partial charge in [0.05, 0.1) is 13.2 Å². The fourth-order valence-electron chi connectivity index (χ4n) is 1.02. The molecule has 78 valence electrons. The second kappa shape index (κ2) is 5.56. The molecular formula is C10H13Cl2NO. The standard InChI is InChI=1S/C10H13Cl2NO/c1-7(13)5-14-6-8-9(11)3-2-4-10(8)12/h2-4,7H,5-6,13H2,1H3/t7-/m0/s1. The highest BCUT2D eigenvalue weighted by atomic mass is 35.5. The van der Waals surface area contributed by atoms with Crippen LogP contribution in [0.3, 0.4) is 0 Å². The number of nitrogens with two attached hydrogens (primary N) is 1. The van der Waals surface area contributed by atoms with Crippen molar-refractivity contribution in [2.24, 2.45) is 5.73 Å². The molecule has 0 aliphatic rings. The van der Waals surface area contributed by atoms with Crippen molar-refractivity contribution >= 4 is 23.2 Å². The Morgan fingerprint density at radius 3 is 2.43 bits per heavy atom. The van der Waals surface area contributed by atoms with Crippen molar-refractivity contribution in [2.75, 3.05) is 6.61 Å². The van der Waals surface area contributed by atoms with Gasteiger partial charge in [0.25, 0.3) is 0 Å². The van der Waals surface area contributed by atoms with Gasteiger partial charge in [-0.1, -0.05) is 29.3 Å². The highest BCUT2D eigenvalue weighted by Gasteiger charge is 2.05. The maximum absolute atomic E-state index is 5.95. The lowest BCUT2D eigenvalue weighted by Crippen LogP contribution is -2.21. The second-order valence-electron chi connectivity index (χ2n) is 3.19. The Labute approximate surface area is 94.0 Å². The summed E-state index contributed by atoms with van der Waals surface area (Å²) in [5, 5.41) is 1.25. The molecule has 1 atom stereocenters. The van der Waals surface area contributed by atoms with E-state index in [9.17, 15) is 0 Å². The summed E-state index contributed by atoms with van der Waals surface area (Å²) in [6.45, 7) is 2.79. The number of hydrogen-bond donors (Lipinski definition) is 1. The molecule has 0 heterocycles. The topological polar surface area (TPSA) is 35.2 Å². The van der Waals surface area contributed by atoms with Gasteiger partial charge >= 0.3 is 0 Å². The molecule has 0 radical (unpaired) electrons. The molecule has 2 nitrogen and oxygen atoms in total. The molecule has 0 saturated heterocycles. The van der Waals surface area contributed by atoms with Crippen LogP contribution < -0.4 is 5.73 Å². The van der Waals surface area contributed by atoms with E-state index < -0.39 is 0 Å². The summed E-state index contributed by atoms with van der Waals surface area (Å²) in [6, 6.07) is 5.41. The number of halogens is 2. The predicted molar refractivity (Wildman–Crippen MR) is 59.8 cm³/mol. The van der Waals surface area contributed by atoms with Gasteiger partial charge in [-0.05, 0) is 19.1 Å². The lowest BCUT2D eigenvalue weighted by atomic mass is 10.2. The molecule has 0 aliphatic carbocycles. The summed E-state index contributed by atoms with van der Waals surface area (Å²) >= 11 is 11.9. The van der Waals surface area contributed by atoms with Crippen LogP contribution in [-0.2, 0) is 11.3 Å². The van der Waals surface area contributed by atoms with Gasteiger partial charge in [0.1, 0.15) is 0 Å². The summed E-state index contributed by atoms with van der Waals surface area (Å²) in [5.74, 6) is 0. The third kappa shape index (κ3) is 3.46. The van der Waals surface area contributed by atoms with Gasteiger partial charge in [-0.15, -0.1) is 0 Å². The van der Waals surface area contributed by atoms with Crippen molar-refractivity contribution in [1.82, 2.24) is 0 Å². The molecule has 0 amide bonds. The molecule has 0 bridgehead atoms. The fourth-order valence-corrected chi connectivity index (χ4v) is 1.52. The van der Waals surface area contributed by atoms with Gasteiger partial charge in [-0.25, -0.2) is 0 Å². The lowest BCUT2D eigenvalue weighted by Gasteiger charge is -2.09. The van der Waals surface area contributed by atoms with Crippen LogP contribution in [0.15, 0.2) is 18.2 Å². The maximum Gasteiger partial charge on any atom is 0.0746 e. The van der Waals surface area contributed by atoms with Crippen LogP contribution in [-0.4, -0.2) is 12.6 Å². The van der Waals surface area contributed by atoms with E-state index in [1.807, 2.05) is 6.92 Å². The quantitative estimate of drug-likeness (QED) is 0.869. The van der Waals surface area contributed by atoms with E-state index in [-0.39, 0.29) is 6.04 Å². The fraction of sp³-hybridized carbons (Fsp3) is 0.400. The van der Waals surface area contributed by atoms with Crippen molar-refractivity contribution in [2.45, 2.75) is 19.6 Å². The largest absolute Gasteiger partial charge is 0.375 e. The molecule has 1 aromatic carbocycles. The number of rotatable bonds is 4. The van der Waals surface area contributed by atoms with Gasteiger partial charge in [-0.3, -0.25) is 0 Å². The van der Waals surface area contributed by atoms with E-state index in [1.165, 1.54) is 0 Å². The molecule has 1 aromatic rings. The predicted octanol–water partition coefficient (Wildman–Crippen LogP) is 2.86. The number of hydrogen-bond acceptors (Lipinski definition) is 2. The minimum absolute atomic E-state index is 0.0243. The minimum Gasteiger partial charge on any atom is -0.375 e. The first-order valence-corrected chi connectivity index (χ1v) is 5.13. The first-order chi connectivity index (χ1) is 6.61. The van der Waals surface area contributed by atoms with Gasteiger partial charge in [0.15, 0.2) is 0 Å². The van der Waals surface area contributed by atoms with Crippen LogP contribution in [0.25, 0.3) is 0 Å². The lowest BCUT2D eigenvalue weighted by molar-refractivity contribution is 0.111. The average molecular weight is 234 g/mol. The van der Waals surface area contributed by atoms with Crippen molar-refractivity contribution in [3.8, 4) is 0 Å². The molecule has 4 heteroatoms. The molecule has 0 aliphatic heterocycles. The van der Waals surface area contributed by atoms with Crippen molar-refractivity contribution < 1.29 is 4.74 Å². The second-order valence-corrected chi connectivity index (χ2v) is 4.01. The van der Waals surface area contributed by atoms with E-state index in [0.29, 0.717) is 23.3 Å². The number of benzene rings is 1. The van der Waals surface area contributed by atoms with Crippen LogP contribution in [0.5, 0.6) is 0 Å². The van der Waals surface area contributed by atoms with Crippen LogP contribution >= 0.6 is 23.2 Å². The van der Waals surface area contributed by atoms with Crippen molar-refractivity contribution in [3.05, 3.63) is 33.8 Å². The third-order valence-electron chi connectivity index (χ3n) is 1.69. The minimum atomic E-state index is 0.0243. The van der Waals surface area contributed by atoms with Crippen molar-refractivity contribution in [1.29, 1.82) is 0 Å². The van der Waals surface area contributed by atoms with Crippen LogP contribution in [0.1, 0.15) is 12.5 Å². The van der Waals surface area contributed by atoms with Crippen LogP contribution in [0, 0.1) is 0 Å². The Hall–Kier alpha value is -0.280. The van der Waals surface area contributed by atoms with Crippen LogP contribution in [0.2, 0.25) is 10.0 Å². The number of ether oxygens (including phenoxy) is 1. The van der Waals surface area contributed by atoms with Gasteiger partial charge in [-0.2, -0.15) is 0 Å². The normalized spacial score (nSPS) is 12.9.